The van der Waals surface area contributed by atoms with E-state index in [4.69, 9.17) is 0 Å². The Hall–Kier alpha value is -1.17. The van der Waals surface area contributed by atoms with Crippen LogP contribution in [0.25, 0.3) is 0 Å². The van der Waals surface area contributed by atoms with Crippen LogP contribution in [0.1, 0.15) is 5.69 Å². The van der Waals surface area contributed by atoms with Gasteiger partial charge in [0.05, 0.1) is 7.11 Å². The molecule has 72 valence electrons. The highest BCUT2D eigenvalue weighted by molar-refractivity contribution is 7.86. The first-order valence-corrected chi connectivity index (χ1v) is 4.79. The van der Waals surface area contributed by atoms with Crippen LogP contribution in [0, 0.1) is 6.92 Å². The first-order valence-electron chi connectivity index (χ1n) is 3.41. The summed E-state index contributed by atoms with van der Waals surface area (Å²) in [6, 6.07) is 2.17. The number of methoxy groups -OCH3 is 1. The van der Waals surface area contributed by atoms with E-state index in [0.717, 1.165) is 12.1 Å². The molecule has 1 aromatic rings. The first kappa shape index (κ1) is 9.91. The molecule has 4 nitrogen and oxygen atoms in total. The third kappa shape index (κ3) is 2.38. The van der Waals surface area contributed by atoms with Crippen LogP contribution < -0.4 is 4.74 Å². The topological polar surface area (TPSA) is 56.3 Å². The summed E-state index contributed by atoms with van der Waals surface area (Å²) < 4.78 is 38.2. The van der Waals surface area contributed by atoms with Crippen molar-refractivity contribution in [2.45, 2.75) is 11.8 Å². The third-order valence-corrected chi connectivity index (χ3v) is 2.19. The molecule has 0 unspecified atom stereocenters. The van der Waals surface area contributed by atoms with Crippen molar-refractivity contribution in [3.05, 3.63) is 17.8 Å². The smallest absolute Gasteiger partial charge is 0.332 e. The fourth-order valence-corrected chi connectivity index (χ4v) is 1.41. The summed E-state index contributed by atoms with van der Waals surface area (Å²) in [6.07, 6.45) is 0. The van der Waals surface area contributed by atoms with Crippen LogP contribution in [0.2, 0.25) is 0 Å². The Balaban J connectivity index is 3.33. The maximum Gasteiger partial charge on any atom is 0.332 e. The lowest BCUT2D eigenvalue weighted by atomic mass is 10.4. The van der Waals surface area contributed by atoms with Gasteiger partial charge in [0.2, 0.25) is 5.88 Å². The fourth-order valence-electron chi connectivity index (χ4n) is 0.853. The van der Waals surface area contributed by atoms with Gasteiger partial charge in [0.25, 0.3) is 0 Å². The van der Waals surface area contributed by atoms with E-state index in [0.29, 0.717) is 5.69 Å². The fraction of sp³-hybridized carbons (Fsp3) is 0.286. The zero-order valence-corrected chi connectivity index (χ0v) is 7.93. The second-order valence-corrected chi connectivity index (χ2v) is 3.77. The standard InChI is InChI=1S/C7H8FNO3S/c1-5-3-6(13(8,10)11)4-7(9-5)12-2/h3-4H,1-2H3. The Morgan fingerprint density at radius 2 is 2.08 bits per heavy atom. The van der Waals surface area contributed by atoms with Gasteiger partial charge in [0, 0.05) is 11.8 Å². The maximum atomic E-state index is 12.5. The van der Waals surface area contributed by atoms with E-state index in [1.807, 2.05) is 0 Å². The van der Waals surface area contributed by atoms with Crippen molar-refractivity contribution in [3.8, 4) is 5.88 Å². The molecule has 0 radical (unpaired) electrons. The lowest BCUT2D eigenvalue weighted by Crippen LogP contribution is -1.97. The molecule has 0 aliphatic carbocycles. The zero-order valence-electron chi connectivity index (χ0n) is 7.11. The Morgan fingerprint density at radius 3 is 2.54 bits per heavy atom. The van der Waals surface area contributed by atoms with E-state index >= 15 is 0 Å². The molecule has 0 atom stereocenters. The molecule has 0 aliphatic rings. The van der Waals surface area contributed by atoms with E-state index in [1.54, 1.807) is 6.92 Å². The second kappa shape index (κ2) is 3.29. The number of pyridine rings is 1. The van der Waals surface area contributed by atoms with E-state index < -0.39 is 15.1 Å². The number of hydrogen-bond acceptors (Lipinski definition) is 4. The van der Waals surface area contributed by atoms with Crippen LogP contribution in [0.15, 0.2) is 17.0 Å². The Labute approximate surface area is 75.6 Å². The van der Waals surface area contributed by atoms with Crippen molar-refractivity contribution >= 4 is 10.2 Å². The summed E-state index contributed by atoms with van der Waals surface area (Å²) in [4.78, 5) is 3.38. The van der Waals surface area contributed by atoms with Gasteiger partial charge in [-0.1, -0.05) is 0 Å². The Bertz CT molecular complexity index is 416. The molecule has 0 saturated carbocycles. The van der Waals surface area contributed by atoms with Crippen molar-refractivity contribution in [2.24, 2.45) is 0 Å². The molecule has 0 bridgehead atoms. The molecule has 1 aromatic heterocycles. The largest absolute Gasteiger partial charge is 0.481 e. The minimum Gasteiger partial charge on any atom is -0.481 e. The lowest BCUT2D eigenvalue weighted by molar-refractivity contribution is 0.395. The number of halogens is 1. The summed E-state index contributed by atoms with van der Waals surface area (Å²) in [7, 11) is -3.35. The summed E-state index contributed by atoms with van der Waals surface area (Å²) in [5.74, 6) is 0.0798. The molecule has 0 aromatic carbocycles. The molecule has 13 heavy (non-hydrogen) atoms. The Morgan fingerprint density at radius 1 is 1.46 bits per heavy atom. The van der Waals surface area contributed by atoms with Crippen molar-refractivity contribution in [2.75, 3.05) is 7.11 Å². The highest BCUT2D eigenvalue weighted by Gasteiger charge is 2.14. The average molecular weight is 205 g/mol. The minimum atomic E-state index is -4.68. The van der Waals surface area contributed by atoms with Gasteiger partial charge in [-0.2, -0.15) is 8.42 Å². The second-order valence-electron chi connectivity index (χ2n) is 2.42. The molecule has 0 N–H and O–H groups in total. The normalized spacial score (nSPS) is 11.3. The van der Waals surface area contributed by atoms with Crippen LogP contribution in [-0.4, -0.2) is 20.5 Å². The average Bonchev–Trinajstić information content (AvgIpc) is 2.01. The lowest BCUT2D eigenvalue weighted by Gasteiger charge is -2.01. The van der Waals surface area contributed by atoms with E-state index in [-0.39, 0.29) is 5.88 Å². The van der Waals surface area contributed by atoms with Crippen LogP contribution in [-0.2, 0) is 10.2 Å². The summed E-state index contributed by atoms with van der Waals surface area (Å²) in [5.41, 5.74) is 0.385. The van der Waals surface area contributed by atoms with Crippen LogP contribution in [0.4, 0.5) is 3.89 Å². The molecule has 1 rings (SSSR count). The molecular weight excluding hydrogens is 197 g/mol. The van der Waals surface area contributed by atoms with Gasteiger partial charge in [-0.3, -0.25) is 0 Å². The van der Waals surface area contributed by atoms with E-state index in [2.05, 4.69) is 9.72 Å². The number of nitrogens with zero attached hydrogens (tertiary/aromatic N) is 1. The highest BCUT2D eigenvalue weighted by Crippen LogP contribution is 2.18. The van der Waals surface area contributed by atoms with Gasteiger partial charge in [-0.05, 0) is 13.0 Å². The molecule has 1 heterocycles. The summed E-state index contributed by atoms with van der Waals surface area (Å²) in [5, 5.41) is 0. The molecule has 0 aliphatic heterocycles. The molecule has 0 spiro atoms. The zero-order chi connectivity index (χ0) is 10.1. The highest BCUT2D eigenvalue weighted by atomic mass is 32.3. The van der Waals surface area contributed by atoms with Gasteiger partial charge in [0.15, 0.2) is 0 Å². The monoisotopic (exact) mass is 205 g/mol. The van der Waals surface area contributed by atoms with Crippen molar-refractivity contribution < 1.29 is 17.0 Å². The number of hydrogen-bond donors (Lipinski definition) is 0. The van der Waals surface area contributed by atoms with Gasteiger partial charge in [0.1, 0.15) is 4.90 Å². The van der Waals surface area contributed by atoms with Gasteiger partial charge in [-0.15, -0.1) is 3.89 Å². The number of ether oxygens (including phenoxy) is 1. The van der Waals surface area contributed by atoms with Crippen LogP contribution >= 0.6 is 0 Å². The van der Waals surface area contributed by atoms with Gasteiger partial charge >= 0.3 is 10.2 Å². The predicted molar refractivity (Wildman–Crippen MR) is 43.8 cm³/mol. The van der Waals surface area contributed by atoms with Gasteiger partial charge in [-0.25, -0.2) is 4.98 Å². The number of rotatable bonds is 2. The van der Waals surface area contributed by atoms with Crippen molar-refractivity contribution in [3.63, 3.8) is 0 Å². The molecule has 0 amide bonds. The van der Waals surface area contributed by atoms with Crippen molar-refractivity contribution in [1.29, 1.82) is 0 Å². The minimum absolute atomic E-state index is 0.0798. The van der Waals surface area contributed by atoms with E-state index in [9.17, 15) is 12.3 Å². The predicted octanol–water partition coefficient (Wildman–Crippen LogP) is 1.06. The SMILES string of the molecule is COc1cc(S(=O)(=O)F)cc(C)n1. The maximum absolute atomic E-state index is 12.5. The molecule has 0 saturated heterocycles. The summed E-state index contributed by atoms with van der Waals surface area (Å²) >= 11 is 0. The molecule has 0 fully saturated rings. The molecule has 6 heteroatoms. The van der Waals surface area contributed by atoms with Crippen molar-refractivity contribution in [1.82, 2.24) is 4.98 Å². The molecular formula is C7H8FNO3S. The quantitative estimate of drug-likeness (QED) is 0.677. The van der Waals surface area contributed by atoms with Crippen LogP contribution in [0.3, 0.4) is 0 Å². The van der Waals surface area contributed by atoms with E-state index in [1.165, 1.54) is 7.11 Å². The third-order valence-electron chi connectivity index (χ3n) is 1.39. The van der Waals surface area contributed by atoms with Crippen LogP contribution in [0.5, 0.6) is 5.88 Å². The number of aromatic nitrogens is 1. The summed E-state index contributed by atoms with van der Waals surface area (Å²) in [6.45, 7) is 1.55. The number of aryl methyl sites for hydroxylation is 1. The van der Waals surface area contributed by atoms with Gasteiger partial charge < -0.3 is 4.74 Å². The first-order chi connectivity index (χ1) is 5.93. The Kier molecular flexibility index (Phi) is 2.51.